The Hall–Kier alpha value is -3.38. The predicted molar refractivity (Wildman–Crippen MR) is 114 cm³/mol. The van der Waals surface area contributed by atoms with Crippen LogP contribution in [0.3, 0.4) is 0 Å². The van der Waals surface area contributed by atoms with Gasteiger partial charge in [-0.3, -0.25) is 10.2 Å². The van der Waals surface area contributed by atoms with Gasteiger partial charge in [0.25, 0.3) is 0 Å². The van der Waals surface area contributed by atoms with E-state index in [1.807, 2.05) is 30.3 Å². The van der Waals surface area contributed by atoms with E-state index in [2.05, 4.69) is 34.9 Å². The van der Waals surface area contributed by atoms with Crippen LogP contribution in [0.5, 0.6) is 5.75 Å². The Morgan fingerprint density at radius 3 is 2.76 bits per heavy atom. The van der Waals surface area contributed by atoms with Crippen molar-refractivity contribution in [1.29, 1.82) is 5.41 Å². The first-order valence-corrected chi connectivity index (χ1v) is 9.68. The van der Waals surface area contributed by atoms with Crippen molar-refractivity contribution in [3.8, 4) is 5.75 Å². The van der Waals surface area contributed by atoms with Crippen molar-refractivity contribution < 1.29 is 9.53 Å². The predicted octanol–water partition coefficient (Wildman–Crippen LogP) is 2.55. The number of ether oxygens (including phenoxy) is 1. The summed E-state index contributed by atoms with van der Waals surface area (Å²) in [7, 11) is 0. The number of amides is 1. The molecule has 0 aliphatic carbocycles. The van der Waals surface area contributed by atoms with Gasteiger partial charge < -0.3 is 21.1 Å². The number of rotatable bonds is 6. The molecular weight excluding hydrogens is 364 g/mol. The number of benzene rings is 3. The molecule has 1 heterocycles. The highest BCUT2D eigenvalue weighted by molar-refractivity contribution is 5.95. The summed E-state index contributed by atoms with van der Waals surface area (Å²) in [4.78, 5) is 12.5. The Kier molecular flexibility index (Phi) is 5.44. The van der Waals surface area contributed by atoms with Crippen molar-refractivity contribution >= 4 is 22.5 Å². The van der Waals surface area contributed by atoms with Crippen LogP contribution in [-0.4, -0.2) is 30.4 Å². The molecule has 3 aromatic carbocycles. The molecule has 2 unspecified atom stereocenters. The van der Waals surface area contributed by atoms with Crippen LogP contribution in [0.15, 0.2) is 66.7 Å². The molecule has 0 radical (unpaired) electrons. The number of amidine groups is 1. The van der Waals surface area contributed by atoms with Gasteiger partial charge in [-0.05, 0) is 34.5 Å². The number of nitrogen functional groups attached to an aromatic ring is 1. The summed E-state index contributed by atoms with van der Waals surface area (Å²) in [6.45, 7) is 1.09. The number of nitrogens with one attached hydrogen (secondary N) is 3. The highest BCUT2D eigenvalue weighted by atomic mass is 16.5. The van der Waals surface area contributed by atoms with E-state index in [0.717, 1.165) is 5.56 Å². The zero-order chi connectivity index (χ0) is 20.2. The topological polar surface area (TPSA) is 100 Å². The first-order chi connectivity index (χ1) is 14.1. The maximum atomic E-state index is 12.5. The second-order valence-electron chi connectivity index (χ2n) is 7.28. The van der Waals surface area contributed by atoms with Crippen molar-refractivity contribution in [1.82, 2.24) is 10.6 Å². The van der Waals surface area contributed by atoms with E-state index in [1.165, 1.54) is 10.8 Å². The quantitative estimate of drug-likeness (QED) is 0.385. The summed E-state index contributed by atoms with van der Waals surface area (Å²) in [6.07, 6.45) is 0.488. The van der Waals surface area contributed by atoms with Gasteiger partial charge in [0.1, 0.15) is 17.7 Å². The molecule has 6 heteroatoms. The minimum Gasteiger partial charge on any atom is -0.489 e. The summed E-state index contributed by atoms with van der Waals surface area (Å²) < 4.78 is 5.96. The van der Waals surface area contributed by atoms with Gasteiger partial charge in [-0.15, -0.1) is 0 Å². The second kappa shape index (κ2) is 8.32. The fourth-order valence-electron chi connectivity index (χ4n) is 3.58. The molecule has 1 aliphatic heterocycles. The molecule has 6 nitrogen and oxygen atoms in total. The molecule has 1 saturated heterocycles. The SMILES string of the molecule is N=C(N)c1cccc(OC2CNC(C(=O)NCc3ccc4ccccc4c3)C2)c1. The summed E-state index contributed by atoms with van der Waals surface area (Å²) in [5.41, 5.74) is 7.22. The van der Waals surface area contributed by atoms with Gasteiger partial charge in [0.05, 0.1) is 6.04 Å². The monoisotopic (exact) mass is 388 g/mol. The van der Waals surface area contributed by atoms with Gasteiger partial charge >= 0.3 is 0 Å². The van der Waals surface area contributed by atoms with Gasteiger partial charge in [-0.2, -0.15) is 0 Å². The number of nitrogens with two attached hydrogens (primary N) is 1. The zero-order valence-electron chi connectivity index (χ0n) is 16.0. The third kappa shape index (κ3) is 4.55. The third-order valence-electron chi connectivity index (χ3n) is 5.14. The average Bonchev–Trinajstić information content (AvgIpc) is 3.20. The van der Waals surface area contributed by atoms with Gasteiger partial charge in [0.15, 0.2) is 0 Å². The Morgan fingerprint density at radius 1 is 1.10 bits per heavy atom. The molecule has 29 heavy (non-hydrogen) atoms. The van der Waals surface area contributed by atoms with Gasteiger partial charge in [0, 0.05) is 25.1 Å². The van der Waals surface area contributed by atoms with Crippen molar-refractivity contribution in [2.75, 3.05) is 6.54 Å². The molecule has 1 amide bonds. The fraction of sp³-hybridized carbons (Fsp3) is 0.217. The third-order valence-corrected chi connectivity index (χ3v) is 5.14. The lowest BCUT2D eigenvalue weighted by molar-refractivity contribution is -0.123. The number of hydrogen-bond acceptors (Lipinski definition) is 4. The minimum atomic E-state index is -0.281. The van der Waals surface area contributed by atoms with E-state index < -0.39 is 0 Å². The largest absolute Gasteiger partial charge is 0.489 e. The molecule has 148 valence electrons. The lowest BCUT2D eigenvalue weighted by Gasteiger charge is -2.14. The van der Waals surface area contributed by atoms with Crippen LogP contribution in [0.1, 0.15) is 17.5 Å². The fourth-order valence-corrected chi connectivity index (χ4v) is 3.58. The molecule has 4 rings (SSSR count). The second-order valence-corrected chi connectivity index (χ2v) is 7.28. The van der Waals surface area contributed by atoms with Gasteiger partial charge in [0.2, 0.25) is 5.91 Å². The summed E-state index contributed by atoms with van der Waals surface area (Å²) in [6, 6.07) is 21.3. The highest BCUT2D eigenvalue weighted by Gasteiger charge is 2.30. The zero-order valence-corrected chi connectivity index (χ0v) is 16.0. The van der Waals surface area contributed by atoms with Gasteiger partial charge in [-0.1, -0.05) is 48.5 Å². The summed E-state index contributed by atoms with van der Waals surface area (Å²) in [5, 5.41) is 16.1. The molecule has 3 aromatic rings. The molecule has 1 fully saturated rings. The van der Waals surface area contributed by atoms with Crippen LogP contribution in [-0.2, 0) is 11.3 Å². The smallest absolute Gasteiger partial charge is 0.237 e. The van der Waals surface area contributed by atoms with Crippen molar-refractivity contribution in [3.63, 3.8) is 0 Å². The molecular formula is C23H24N4O2. The Morgan fingerprint density at radius 2 is 1.93 bits per heavy atom. The van der Waals surface area contributed by atoms with E-state index in [-0.39, 0.29) is 23.9 Å². The molecule has 5 N–H and O–H groups in total. The van der Waals surface area contributed by atoms with Crippen LogP contribution >= 0.6 is 0 Å². The summed E-state index contributed by atoms with van der Waals surface area (Å²) >= 11 is 0. The molecule has 0 spiro atoms. The van der Waals surface area contributed by atoms with E-state index in [0.29, 0.717) is 30.8 Å². The highest BCUT2D eigenvalue weighted by Crippen LogP contribution is 2.19. The number of hydrogen-bond donors (Lipinski definition) is 4. The van der Waals surface area contributed by atoms with Gasteiger partial charge in [-0.25, -0.2) is 0 Å². The summed E-state index contributed by atoms with van der Waals surface area (Å²) in [5.74, 6) is 0.634. The average molecular weight is 388 g/mol. The van der Waals surface area contributed by atoms with Crippen LogP contribution in [0.2, 0.25) is 0 Å². The molecule has 0 aromatic heterocycles. The van der Waals surface area contributed by atoms with Crippen molar-refractivity contribution in [2.24, 2.45) is 5.73 Å². The lowest BCUT2D eigenvalue weighted by atomic mass is 10.1. The minimum absolute atomic E-state index is 0.00550. The standard InChI is InChI=1S/C23H24N4O2/c24-22(25)18-6-3-7-19(11-18)29-20-12-21(26-14-20)23(28)27-13-15-8-9-16-4-1-2-5-17(16)10-15/h1-11,20-21,26H,12-14H2,(H3,24,25)(H,27,28). The lowest BCUT2D eigenvalue weighted by Crippen LogP contribution is -2.39. The molecule has 2 atom stereocenters. The maximum Gasteiger partial charge on any atom is 0.237 e. The van der Waals surface area contributed by atoms with Crippen LogP contribution < -0.4 is 21.1 Å². The van der Waals surface area contributed by atoms with E-state index >= 15 is 0 Å². The Bertz CT molecular complexity index is 1050. The number of fused-ring (bicyclic) bond motifs is 1. The molecule has 0 saturated carbocycles. The van der Waals surface area contributed by atoms with Crippen LogP contribution in [0.25, 0.3) is 10.8 Å². The normalized spacial score (nSPS) is 18.5. The van der Waals surface area contributed by atoms with E-state index in [9.17, 15) is 4.79 Å². The van der Waals surface area contributed by atoms with E-state index in [4.69, 9.17) is 15.9 Å². The molecule has 0 bridgehead atoms. The van der Waals surface area contributed by atoms with E-state index in [1.54, 1.807) is 12.1 Å². The van der Waals surface area contributed by atoms with Crippen molar-refractivity contribution in [3.05, 3.63) is 77.9 Å². The van der Waals surface area contributed by atoms with Crippen molar-refractivity contribution in [2.45, 2.75) is 25.1 Å². The van der Waals surface area contributed by atoms with Crippen LogP contribution in [0, 0.1) is 5.41 Å². The number of carbonyl (C=O) groups is 1. The first kappa shape index (κ1) is 19.0. The van der Waals surface area contributed by atoms with Crippen LogP contribution in [0.4, 0.5) is 0 Å². The Balaban J connectivity index is 1.31. The number of carbonyl (C=O) groups excluding carboxylic acids is 1. The first-order valence-electron chi connectivity index (χ1n) is 9.68. The molecule has 1 aliphatic rings. The maximum absolute atomic E-state index is 12.5. The Labute approximate surface area is 169 Å².